The van der Waals surface area contributed by atoms with Crippen molar-refractivity contribution in [1.29, 1.82) is 0 Å². The minimum atomic E-state index is -0.760. The molecule has 2 aliphatic carbocycles. The van der Waals surface area contributed by atoms with E-state index >= 15 is 4.39 Å². The van der Waals surface area contributed by atoms with Crippen LogP contribution in [0.3, 0.4) is 0 Å². The van der Waals surface area contributed by atoms with Crippen molar-refractivity contribution < 1.29 is 23.8 Å². The second kappa shape index (κ2) is 11.4. The molecule has 0 unspecified atom stereocenters. The highest BCUT2D eigenvalue weighted by atomic mass is 19.1. The fraction of sp³-hybridized carbons (Fsp3) is 0.441. The van der Waals surface area contributed by atoms with E-state index in [1.54, 1.807) is 19.2 Å². The molecule has 0 spiro atoms. The monoisotopic (exact) mass is 530 g/mol. The molecule has 206 valence electrons. The van der Waals surface area contributed by atoms with Crippen LogP contribution in [0.4, 0.5) is 4.39 Å². The molecule has 0 saturated heterocycles. The molecular weight excluding hydrogens is 491 g/mol. The second-order valence-corrected chi connectivity index (χ2v) is 12.0. The first-order chi connectivity index (χ1) is 18.7. The number of carboxylic acids is 1. The first kappa shape index (κ1) is 27.2. The van der Waals surface area contributed by atoms with E-state index in [0.717, 1.165) is 53.7 Å². The maximum absolute atomic E-state index is 15.1. The Morgan fingerprint density at radius 3 is 2.54 bits per heavy atom. The quantitative estimate of drug-likeness (QED) is 0.285. The molecule has 3 aromatic carbocycles. The summed E-state index contributed by atoms with van der Waals surface area (Å²) in [6.07, 6.45) is 6.92. The van der Waals surface area contributed by atoms with Crippen molar-refractivity contribution in [2.45, 2.75) is 77.2 Å². The number of benzene rings is 3. The van der Waals surface area contributed by atoms with Crippen molar-refractivity contribution >= 4 is 5.97 Å². The van der Waals surface area contributed by atoms with Gasteiger partial charge in [-0.2, -0.15) is 0 Å². The van der Waals surface area contributed by atoms with E-state index in [2.05, 4.69) is 19.9 Å². The van der Waals surface area contributed by atoms with E-state index in [1.165, 1.54) is 18.9 Å². The summed E-state index contributed by atoms with van der Waals surface area (Å²) < 4.78 is 26.8. The Morgan fingerprint density at radius 1 is 1.00 bits per heavy atom. The van der Waals surface area contributed by atoms with Gasteiger partial charge in [-0.15, -0.1) is 0 Å². The van der Waals surface area contributed by atoms with Gasteiger partial charge in [-0.1, -0.05) is 57.0 Å². The standard InChI is InChI=1S/C34H39FO4/c1-34(2)16-5-4-9-31(34)29-17-22(10-14-27(29)30-19-25(38-3)13-15-32(30)35)21-39-26-8-6-7-24(18-26)28(20-33(36)37)23-11-12-23/h6-8,10,13-15,17-19,23,28,31H,4-5,9,11-12,16,20-21H2,1-3H3,(H,36,37)/t28-,31+/m0/s1. The molecule has 2 atom stereocenters. The summed E-state index contributed by atoms with van der Waals surface area (Å²) in [5.41, 5.74) is 4.82. The van der Waals surface area contributed by atoms with Gasteiger partial charge in [-0.05, 0) is 101 Å². The molecule has 3 aromatic rings. The van der Waals surface area contributed by atoms with Gasteiger partial charge in [0.1, 0.15) is 23.9 Å². The number of hydrogen-bond donors (Lipinski definition) is 1. The van der Waals surface area contributed by atoms with Crippen LogP contribution in [0.2, 0.25) is 0 Å². The molecule has 39 heavy (non-hydrogen) atoms. The molecule has 2 aliphatic rings. The lowest BCUT2D eigenvalue weighted by Gasteiger charge is -2.40. The van der Waals surface area contributed by atoms with Gasteiger partial charge < -0.3 is 14.6 Å². The third-order valence-corrected chi connectivity index (χ3v) is 8.74. The summed E-state index contributed by atoms with van der Waals surface area (Å²) in [6, 6.07) is 19.1. The van der Waals surface area contributed by atoms with Gasteiger partial charge in [0, 0.05) is 5.56 Å². The molecule has 0 radical (unpaired) electrons. The second-order valence-electron chi connectivity index (χ2n) is 12.0. The van der Waals surface area contributed by atoms with E-state index in [0.29, 0.717) is 29.8 Å². The van der Waals surface area contributed by atoms with Gasteiger partial charge in [0.15, 0.2) is 0 Å². The molecule has 4 nitrogen and oxygen atoms in total. The van der Waals surface area contributed by atoms with Crippen LogP contribution in [0.25, 0.3) is 11.1 Å². The average molecular weight is 531 g/mol. The van der Waals surface area contributed by atoms with Gasteiger partial charge in [0.25, 0.3) is 0 Å². The van der Waals surface area contributed by atoms with Crippen LogP contribution in [0, 0.1) is 17.2 Å². The molecule has 0 aromatic heterocycles. The molecule has 0 amide bonds. The Morgan fingerprint density at radius 2 is 1.82 bits per heavy atom. The zero-order chi connectivity index (χ0) is 27.6. The molecule has 2 fully saturated rings. The van der Waals surface area contributed by atoms with Crippen LogP contribution in [0.1, 0.15) is 87.3 Å². The van der Waals surface area contributed by atoms with E-state index in [9.17, 15) is 9.90 Å². The van der Waals surface area contributed by atoms with Crippen LogP contribution in [0.15, 0.2) is 60.7 Å². The molecule has 5 rings (SSSR count). The fourth-order valence-electron chi connectivity index (χ4n) is 6.39. The van der Waals surface area contributed by atoms with Crippen molar-refractivity contribution in [1.82, 2.24) is 0 Å². The number of aliphatic carboxylic acids is 1. The maximum atomic E-state index is 15.1. The molecule has 1 N–H and O–H groups in total. The lowest BCUT2D eigenvalue weighted by molar-refractivity contribution is -0.137. The molecule has 5 heteroatoms. The Kier molecular flexibility index (Phi) is 7.97. The van der Waals surface area contributed by atoms with E-state index in [-0.39, 0.29) is 23.6 Å². The van der Waals surface area contributed by atoms with Crippen molar-refractivity contribution in [3.63, 3.8) is 0 Å². The highest BCUT2D eigenvalue weighted by Gasteiger charge is 2.35. The van der Waals surface area contributed by atoms with Crippen molar-refractivity contribution in [2.75, 3.05) is 7.11 Å². The third-order valence-electron chi connectivity index (χ3n) is 8.74. The largest absolute Gasteiger partial charge is 0.497 e. The maximum Gasteiger partial charge on any atom is 0.303 e. The van der Waals surface area contributed by atoms with Crippen LogP contribution in [-0.4, -0.2) is 18.2 Å². The van der Waals surface area contributed by atoms with Crippen molar-refractivity contribution in [2.24, 2.45) is 11.3 Å². The van der Waals surface area contributed by atoms with Gasteiger partial charge >= 0.3 is 5.97 Å². The Balaban J connectivity index is 1.44. The molecule has 2 saturated carbocycles. The predicted molar refractivity (Wildman–Crippen MR) is 152 cm³/mol. The summed E-state index contributed by atoms with van der Waals surface area (Å²) in [5, 5.41) is 9.40. The zero-order valence-corrected chi connectivity index (χ0v) is 23.2. The number of methoxy groups -OCH3 is 1. The van der Waals surface area contributed by atoms with Gasteiger partial charge in [0.05, 0.1) is 13.5 Å². The first-order valence-corrected chi connectivity index (χ1v) is 14.2. The Labute approximate surface area is 231 Å². The first-order valence-electron chi connectivity index (χ1n) is 14.2. The lowest BCUT2D eigenvalue weighted by Crippen LogP contribution is -2.26. The number of ether oxygens (including phenoxy) is 2. The fourth-order valence-corrected chi connectivity index (χ4v) is 6.39. The molecule has 0 heterocycles. The van der Waals surface area contributed by atoms with Crippen LogP contribution in [0.5, 0.6) is 11.5 Å². The van der Waals surface area contributed by atoms with Gasteiger partial charge in [-0.25, -0.2) is 4.39 Å². The summed E-state index contributed by atoms with van der Waals surface area (Å²) in [6.45, 7) is 5.03. The number of rotatable bonds is 10. The third kappa shape index (κ3) is 6.29. The Hall–Kier alpha value is -3.34. The summed E-state index contributed by atoms with van der Waals surface area (Å²) in [5.74, 6) is 1.16. The van der Waals surface area contributed by atoms with E-state index < -0.39 is 5.97 Å². The smallest absolute Gasteiger partial charge is 0.303 e. The zero-order valence-electron chi connectivity index (χ0n) is 23.2. The predicted octanol–water partition coefficient (Wildman–Crippen LogP) is 8.73. The summed E-state index contributed by atoms with van der Waals surface area (Å²) in [4.78, 5) is 11.4. The lowest BCUT2D eigenvalue weighted by atomic mass is 9.65. The highest BCUT2D eigenvalue weighted by Crippen LogP contribution is 2.50. The van der Waals surface area contributed by atoms with Crippen molar-refractivity contribution in [3.8, 4) is 22.6 Å². The number of hydrogen-bond acceptors (Lipinski definition) is 3. The summed E-state index contributed by atoms with van der Waals surface area (Å²) in [7, 11) is 1.60. The number of carboxylic acid groups (broad SMARTS) is 1. The van der Waals surface area contributed by atoms with Gasteiger partial charge in [-0.3, -0.25) is 4.79 Å². The molecule has 0 aliphatic heterocycles. The van der Waals surface area contributed by atoms with Crippen LogP contribution in [-0.2, 0) is 11.4 Å². The van der Waals surface area contributed by atoms with Crippen LogP contribution >= 0.6 is 0 Å². The van der Waals surface area contributed by atoms with Gasteiger partial charge in [0.2, 0.25) is 0 Å². The average Bonchev–Trinajstić information content (AvgIpc) is 3.76. The van der Waals surface area contributed by atoms with Crippen molar-refractivity contribution in [3.05, 3.63) is 83.2 Å². The minimum absolute atomic E-state index is 0.0308. The molecular formula is C34H39FO4. The highest BCUT2D eigenvalue weighted by molar-refractivity contribution is 5.71. The number of halogens is 1. The molecule has 0 bridgehead atoms. The van der Waals surface area contributed by atoms with Crippen LogP contribution < -0.4 is 9.47 Å². The minimum Gasteiger partial charge on any atom is -0.497 e. The topological polar surface area (TPSA) is 55.8 Å². The Bertz CT molecular complexity index is 1330. The van der Waals surface area contributed by atoms with E-state index in [4.69, 9.17) is 9.47 Å². The normalized spacial score (nSPS) is 19.3. The van der Waals surface area contributed by atoms with E-state index in [1.807, 2.05) is 36.4 Å². The number of carbonyl (C=O) groups is 1. The summed E-state index contributed by atoms with van der Waals surface area (Å²) >= 11 is 0. The SMILES string of the molecule is COc1ccc(F)c(-c2ccc(COc3cccc([C@@H](CC(=O)O)C4CC4)c3)cc2[C@H]2CCCCC2(C)C)c1.